The maximum atomic E-state index is 12.0. The van der Waals surface area contributed by atoms with Crippen molar-refractivity contribution in [3.63, 3.8) is 0 Å². The summed E-state index contributed by atoms with van der Waals surface area (Å²) in [4.78, 5) is 51.5. The summed E-state index contributed by atoms with van der Waals surface area (Å²) in [5.74, 6) is -0.326. The molecular formula is C10H16BN2O15P3. The molecule has 6 N–H and O–H groups in total. The number of phosphoric acid groups is 2. The summed E-state index contributed by atoms with van der Waals surface area (Å²) in [7, 11) is -9.99. The lowest BCUT2D eigenvalue weighted by atomic mass is 10.1. The summed E-state index contributed by atoms with van der Waals surface area (Å²) in [6.45, 7) is -0.951. The minimum absolute atomic E-state index is 0.326. The first-order valence-corrected chi connectivity index (χ1v) is 12.4. The molecule has 2 rings (SSSR count). The standard InChI is InChI=1S/C10H16BN2O15P3/c1-24-4-2-13(10(17)12-8(4)16)9-7(15)6(14)5(26-9)3-25-29(11,18)27-31(22,23)28-30(19,20)21/h2,5-7,9,14-15H,3H2,1H3,(H,22,23)(H,12,16,17)(H2,19,20,21)/t5-,6?,7?,9-,29?/m1/s1. The Morgan fingerprint density at radius 3 is 2.32 bits per heavy atom. The molecule has 0 saturated carbocycles. The fraction of sp³-hybridized carbons (Fsp3) is 0.600. The van der Waals surface area contributed by atoms with Crippen molar-refractivity contribution in [1.29, 1.82) is 0 Å². The van der Waals surface area contributed by atoms with Gasteiger partial charge in [-0.2, -0.15) is 4.31 Å². The zero-order chi connectivity index (χ0) is 23.8. The lowest BCUT2D eigenvalue weighted by molar-refractivity contribution is -0.0522. The van der Waals surface area contributed by atoms with E-state index in [-0.39, 0.29) is 5.75 Å². The minimum Gasteiger partial charge on any atom is -0.490 e. The van der Waals surface area contributed by atoms with Crippen LogP contribution in [0.3, 0.4) is 0 Å². The third kappa shape index (κ3) is 6.93. The number of methoxy groups -OCH3 is 1. The van der Waals surface area contributed by atoms with Crippen LogP contribution in [0.4, 0.5) is 0 Å². The van der Waals surface area contributed by atoms with Gasteiger partial charge in [0.05, 0.1) is 19.9 Å². The van der Waals surface area contributed by atoms with Gasteiger partial charge < -0.3 is 38.9 Å². The number of hydrogen-bond donors (Lipinski definition) is 6. The summed E-state index contributed by atoms with van der Waals surface area (Å²) < 4.78 is 56.5. The van der Waals surface area contributed by atoms with Gasteiger partial charge in [-0.1, -0.05) is 0 Å². The highest BCUT2D eigenvalue weighted by atomic mass is 31.3. The summed E-state index contributed by atoms with van der Waals surface area (Å²) in [5.41, 5.74) is -1.91. The first kappa shape index (κ1) is 26.1. The van der Waals surface area contributed by atoms with Gasteiger partial charge in [-0.25, -0.2) is 18.2 Å². The van der Waals surface area contributed by atoms with Crippen LogP contribution in [0.2, 0.25) is 0 Å². The number of ether oxygens (including phenoxy) is 2. The summed E-state index contributed by atoms with van der Waals surface area (Å²) >= 11 is 0. The summed E-state index contributed by atoms with van der Waals surface area (Å²) in [6.07, 6.45) is -5.78. The summed E-state index contributed by atoms with van der Waals surface area (Å²) in [5, 5.41) is 20.2. The average Bonchev–Trinajstić information content (AvgIpc) is 2.85. The molecule has 1 aliphatic rings. The Morgan fingerprint density at radius 2 is 1.77 bits per heavy atom. The number of nitrogens with zero attached hydrogens (tertiary/aromatic N) is 1. The molecule has 0 bridgehead atoms. The maximum Gasteiger partial charge on any atom is 0.487 e. The van der Waals surface area contributed by atoms with Crippen LogP contribution in [0.15, 0.2) is 15.8 Å². The van der Waals surface area contributed by atoms with Crippen LogP contribution in [0.25, 0.3) is 0 Å². The number of nitrogens with one attached hydrogen (secondary N) is 1. The molecule has 0 aromatic carbocycles. The van der Waals surface area contributed by atoms with E-state index in [4.69, 9.17) is 31.7 Å². The Hall–Kier alpha value is -1.13. The molecule has 174 valence electrons. The highest BCUT2D eigenvalue weighted by Crippen LogP contribution is 2.66. The number of aliphatic hydroxyl groups is 2. The molecular weight excluding hydrogens is 492 g/mol. The molecule has 4 unspecified atom stereocenters. The molecule has 31 heavy (non-hydrogen) atoms. The number of aromatic nitrogens is 2. The van der Waals surface area contributed by atoms with Crippen LogP contribution >= 0.6 is 23.1 Å². The molecule has 21 heteroatoms. The topological polar surface area (TPSA) is 253 Å². The number of aliphatic hydroxyl groups excluding tert-OH is 2. The van der Waals surface area contributed by atoms with Gasteiger partial charge in [0.25, 0.3) is 13.0 Å². The summed E-state index contributed by atoms with van der Waals surface area (Å²) in [6, 6.07) is 0. The van der Waals surface area contributed by atoms with Gasteiger partial charge >= 0.3 is 21.3 Å². The molecule has 6 atom stereocenters. The Labute approximate surface area is 173 Å². The van der Waals surface area contributed by atoms with E-state index in [1.165, 1.54) is 0 Å². The van der Waals surface area contributed by atoms with Crippen molar-refractivity contribution in [2.45, 2.75) is 24.5 Å². The third-order valence-electron chi connectivity index (χ3n) is 3.61. The van der Waals surface area contributed by atoms with E-state index in [2.05, 4.69) is 13.1 Å². The van der Waals surface area contributed by atoms with Crippen molar-refractivity contribution >= 4 is 30.7 Å². The van der Waals surface area contributed by atoms with Gasteiger partial charge in [0, 0.05) is 0 Å². The lowest BCUT2D eigenvalue weighted by Gasteiger charge is -2.21. The van der Waals surface area contributed by atoms with Crippen molar-refractivity contribution in [1.82, 2.24) is 9.55 Å². The van der Waals surface area contributed by atoms with E-state index < -0.39 is 65.5 Å². The van der Waals surface area contributed by atoms with Gasteiger partial charge in [0.1, 0.15) is 18.3 Å². The fourth-order valence-corrected chi connectivity index (χ4v) is 5.55. The molecule has 0 aliphatic carbocycles. The monoisotopic (exact) mass is 508 g/mol. The van der Waals surface area contributed by atoms with Crippen molar-refractivity contribution in [3.8, 4) is 5.75 Å². The van der Waals surface area contributed by atoms with Gasteiger partial charge in [-0.05, 0) is 0 Å². The van der Waals surface area contributed by atoms with Crippen LogP contribution in [0.1, 0.15) is 6.23 Å². The zero-order valence-corrected chi connectivity index (χ0v) is 18.0. The van der Waals surface area contributed by atoms with Crippen molar-refractivity contribution in [2.75, 3.05) is 13.7 Å². The minimum atomic E-state index is -5.63. The van der Waals surface area contributed by atoms with E-state index in [1.807, 2.05) is 4.98 Å². The van der Waals surface area contributed by atoms with E-state index in [1.54, 1.807) is 0 Å². The number of H-pyrrole nitrogens is 1. The second-order valence-electron chi connectivity index (χ2n) is 5.87. The molecule has 1 saturated heterocycles. The zero-order valence-electron chi connectivity index (χ0n) is 15.3. The second kappa shape index (κ2) is 9.39. The Kier molecular flexibility index (Phi) is 7.92. The fourth-order valence-electron chi connectivity index (χ4n) is 2.39. The van der Waals surface area contributed by atoms with Crippen molar-refractivity contribution in [2.24, 2.45) is 0 Å². The van der Waals surface area contributed by atoms with Crippen molar-refractivity contribution < 1.29 is 61.2 Å². The van der Waals surface area contributed by atoms with Gasteiger partial charge in [-0.3, -0.25) is 18.9 Å². The van der Waals surface area contributed by atoms with Crippen LogP contribution in [-0.4, -0.2) is 74.0 Å². The molecule has 1 aromatic rings. The van der Waals surface area contributed by atoms with Crippen LogP contribution in [0, 0.1) is 0 Å². The van der Waals surface area contributed by atoms with E-state index in [0.717, 1.165) is 13.3 Å². The van der Waals surface area contributed by atoms with Crippen LogP contribution < -0.4 is 16.0 Å². The third-order valence-corrected chi connectivity index (χ3v) is 7.53. The molecule has 17 nitrogen and oxygen atoms in total. The number of aromatic amines is 1. The molecule has 1 aromatic heterocycles. The largest absolute Gasteiger partial charge is 0.490 e. The van der Waals surface area contributed by atoms with Crippen LogP contribution in [-0.2, 0) is 31.6 Å². The predicted octanol–water partition coefficient (Wildman–Crippen LogP) is -2.32. The van der Waals surface area contributed by atoms with Crippen LogP contribution in [0.5, 0.6) is 5.75 Å². The second-order valence-corrected chi connectivity index (χ2v) is 10.4. The Bertz CT molecular complexity index is 1070. The van der Waals surface area contributed by atoms with Gasteiger partial charge in [0.2, 0.25) is 13.3 Å². The first-order valence-electron chi connectivity index (χ1n) is 7.80. The molecule has 1 aliphatic heterocycles. The van der Waals surface area contributed by atoms with Gasteiger partial charge in [-0.15, -0.1) is 0 Å². The Balaban J connectivity index is 2.12. The average molecular weight is 508 g/mol. The molecule has 0 spiro atoms. The quantitative estimate of drug-likeness (QED) is 0.151. The smallest absolute Gasteiger partial charge is 0.487 e. The SMILES string of the molecule is [B]P(=O)(OC[C@H]1O[C@@H](n2cc(OC)c(=O)[nH]c2=O)C(O)C1O)OP(=O)(O)OP(=O)(O)O. The van der Waals surface area contributed by atoms with E-state index >= 15 is 0 Å². The molecule has 2 radical (unpaired) electrons. The number of hydrogen-bond acceptors (Lipinski definition) is 12. The first-order chi connectivity index (χ1) is 14.1. The molecule has 2 heterocycles. The predicted molar refractivity (Wildman–Crippen MR) is 97.2 cm³/mol. The van der Waals surface area contributed by atoms with E-state index in [9.17, 15) is 33.5 Å². The maximum absolute atomic E-state index is 12.0. The highest BCUT2D eigenvalue weighted by molar-refractivity contribution is 7.84. The van der Waals surface area contributed by atoms with E-state index in [0.29, 0.717) is 4.57 Å². The Morgan fingerprint density at radius 1 is 1.16 bits per heavy atom. The lowest BCUT2D eigenvalue weighted by Crippen LogP contribution is -2.38. The van der Waals surface area contributed by atoms with Gasteiger partial charge in [0.15, 0.2) is 6.23 Å². The molecule has 1 fully saturated rings. The number of rotatable bonds is 9. The highest BCUT2D eigenvalue weighted by Gasteiger charge is 2.46. The normalized spacial score (nSPS) is 28.1. The van der Waals surface area contributed by atoms with Crippen molar-refractivity contribution in [3.05, 3.63) is 27.0 Å². The molecule has 0 amide bonds.